The van der Waals surface area contributed by atoms with Crippen molar-refractivity contribution in [2.45, 2.75) is 0 Å². The SMILES string of the molecule is CS.c1ccc(-n2c3ccccc3c3c4c5ccccc5n(-c5cc(-n6c7ccccc7c7c8c9ccccc9n(-c9ccccc9)c8ccc76)cc(-n6c7ccccc7c7c8c9ccccc9n(-c9ccccc9)c8ccc76)c5)c4ccc32)cc1. The average Bonchev–Trinajstić information content (AvgIpc) is 4.48. The van der Waals surface area contributed by atoms with E-state index in [2.05, 4.69) is 331 Å². The molecule has 6 nitrogen and oxygen atoms in total. The minimum Gasteiger partial charge on any atom is -0.309 e. The van der Waals surface area contributed by atoms with Crippen molar-refractivity contribution < 1.29 is 0 Å². The van der Waals surface area contributed by atoms with E-state index in [1.165, 1.54) is 97.7 Å². The van der Waals surface area contributed by atoms with Crippen molar-refractivity contribution in [1.82, 2.24) is 27.4 Å². The lowest BCUT2D eigenvalue weighted by atomic mass is 10.1. The second-order valence-corrected chi connectivity index (χ2v) is 22.4. The van der Waals surface area contributed by atoms with Crippen LogP contribution in [0.2, 0.25) is 0 Å². The maximum atomic E-state index is 3.53. The molecule has 0 saturated heterocycles. The molecular formula is C79H52N6S. The van der Waals surface area contributed by atoms with Crippen molar-refractivity contribution >= 4 is 143 Å². The van der Waals surface area contributed by atoms with E-state index in [0.29, 0.717) is 0 Å². The van der Waals surface area contributed by atoms with Crippen molar-refractivity contribution in [2.75, 3.05) is 6.26 Å². The van der Waals surface area contributed by atoms with E-state index in [4.69, 9.17) is 0 Å². The number of rotatable bonds is 6. The maximum Gasteiger partial charge on any atom is 0.0548 e. The third-order valence-corrected chi connectivity index (χ3v) is 18.1. The van der Waals surface area contributed by atoms with Gasteiger partial charge in [-0.3, -0.25) is 0 Å². The molecule has 19 aromatic rings. The number of aromatic nitrogens is 6. The molecule has 0 amide bonds. The highest BCUT2D eigenvalue weighted by Gasteiger charge is 2.26. The fraction of sp³-hybridized carbons (Fsp3) is 0.0127. The highest BCUT2D eigenvalue weighted by Crippen LogP contribution is 2.48. The van der Waals surface area contributed by atoms with Crippen molar-refractivity contribution in [2.24, 2.45) is 0 Å². The van der Waals surface area contributed by atoms with Crippen LogP contribution in [0.5, 0.6) is 0 Å². The molecule has 6 heterocycles. The van der Waals surface area contributed by atoms with Gasteiger partial charge in [0.25, 0.3) is 0 Å². The maximum absolute atomic E-state index is 3.53. The zero-order valence-electron chi connectivity index (χ0n) is 46.8. The van der Waals surface area contributed by atoms with Crippen molar-refractivity contribution in [3.63, 3.8) is 0 Å². The molecule has 0 bridgehead atoms. The predicted octanol–water partition coefficient (Wildman–Crippen LogP) is 20.8. The molecule has 0 aliphatic rings. The highest BCUT2D eigenvalue weighted by molar-refractivity contribution is 7.79. The third-order valence-electron chi connectivity index (χ3n) is 18.1. The topological polar surface area (TPSA) is 29.6 Å². The first-order valence-electron chi connectivity index (χ1n) is 29.4. The Bertz CT molecular complexity index is 5380. The van der Waals surface area contributed by atoms with Gasteiger partial charge in [0.15, 0.2) is 0 Å². The molecule has 0 saturated carbocycles. The summed E-state index contributed by atoms with van der Waals surface area (Å²) in [5, 5.41) is 14.8. The molecular weight excluding hydrogens is 1060 g/mol. The minimum absolute atomic E-state index is 1.07. The third kappa shape index (κ3) is 6.68. The van der Waals surface area contributed by atoms with Gasteiger partial charge in [-0.1, -0.05) is 164 Å². The van der Waals surface area contributed by atoms with Crippen LogP contribution in [0.4, 0.5) is 0 Å². The van der Waals surface area contributed by atoms with Gasteiger partial charge in [0, 0.05) is 81.7 Å². The van der Waals surface area contributed by atoms with E-state index in [9.17, 15) is 0 Å². The van der Waals surface area contributed by atoms with E-state index in [1.807, 2.05) is 0 Å². The fourth-order valence-corrected chi connectivity index (χ4v) is 14.9. The summed E-state index contributed by atoms with van der Waals surface area (Å²) >= 11 is 3.53. The number of nitrogens with zero attached hydrogens (tertiary/aromatic N) is 6. The Labute approximate surface area is 499 Å². The van der Waals surface area contributed by atoms with E-state index in [-0.39, 0.29) is 0 Å². The summed E-state index contributed by atoms with van der Waals surface area (Å²) < 4.78 is 14.9. The summed E-state index contributed by atoms with van der Waals surface area (Å²) in [5.74, 6) is 0. The molecule has 6 aromatic heterocycles. The second-order valence-electron chi connectivity index (χ2n) is 22.4. The molecule has 0 aliphatic carbocycles. The fourth-order valence-electron chi connectivity index (χ4n) is 14.9. The lowest BCUT2D eigenvalue weighted by Gasteiger charge is -2.17. The van der Waals surface area contributed by atoms with Crippen molar-refractivity contribution in [1.29, 1.82) is 0 Å². The molecule has 0 fully saturated rings. The molecule has 19 rings (SSSR count). The monoisotopic (exact) mass is 1120 g/mol. The molecule has 86 heavy (non-hydrogen) atoms. The molecule has 13 aromatic carbocycles. The Morgan fingerprint density at radius 3 is 0.523 bits per heavy atom. The van der Waals surface area contributed by atoms with Crippen LogP contribution in [0.1, 0.15) is 0 Å². The molecule has 0 atom stereocenters. The van der Waals surface area contributed by atoms with Crippen molar-refractivity contribution in [3.8, 4) is 34.1 Å². The number of benzene rings is 13. The van der Waals surface area contributed by atoms with E-state index in [1.54, 1.807) is 6.26 Å². The summed E-state index contributed by atoms with van der Waals surface area (Å²) in [6.45, 7) is 0. The first kappa shape index (κ1) is 48.5. The molecule has 0 N–H and O–H groups in total. The van der Waals surface area contributed by atoms with Crippen LogP contribution in [0.25, 0.3) is 165 Å². The number of hydrogen-bond donors (Lipinski definition) is 1. The number of fused-ring (bicyclic) bond motifs is 21. The van der Waals surface area contributed by atoms with Gasteiger partial charge in [-0.05, 0) is 134 Å². The number of thiol groups is 1. The van der Waals surface area contributed by atoms with Gasteiger partial charge in [-0.15, -0.1) is 0 Å². The van der Waals surface area contributed by atoms with Crippen LogP contribution in [0, 0.1) is 0 Å². The molecule has 0 aliphatic heterocycles. The van der Waals surface area contributed by atoms with Gasteiger partial charge < -0.3 is 27.4 Å². The Morgan fingerprint density at radius 2 is 0.326 bits per heavy atom. The quantitative estimate of drug-likeness (QED) is 0.161. The summed E-state index contributed by atoms with van der Waals surface area (Å²) in [6, 6.07) is 108. The van der Waals surface area contributed by atoms with Crippen LogP contribution >= 0.6 is 12.6 Å². The zero-order valence-corrected chi connectivity index (χ0v) is 47.7. The summed E-state index contributed by atoms with van der Waals surface area (Å²) in [6.07, 6.45) is 1.69. The van der Waals surface area contributed by atoms with Gasteiger partial charge in [0.05, 0.1) is 83.3 Å². The average molecular weight is 1120 g/mol. The Morgan fingerprint density at radius 1 is 0.163 bits per heavy atom. The zero-order chi connectivity index (χ0) is 56.7. The number of para-hydroxylation sites is 9. The smallest absolute Gasteiger partial charge is 0.0548 e. The van der Waals surface area contributed by atoms with E-state index < -0.39 is 0 Å². The van der Waals surface area contributed by atoms with Crippen LogP contribution < -0.4 is 0 Å². The second kappa shape index (κ2) is 18.8. The summed E-state index contributed by atoms with van der Waals surface area (Å²) in [7, 11) is 0. The normalized spacial score (nSPS) is 12.1. The molecule has 7 heteroatoms. The minimum atomic E-state index is 1.07. The molecule has 0 radical (unpaired) electrons. The molecule has 404 valence electrons. The van der Waals surface area contributed by atoms with Crippen LogP contribution in [-0.4, -0.2) is 33.7 Å². The highest BCUT2D eigenvalue weighted by atomic mass is 32.1. The Balaban J connectivity index is 0.00000277. The standard InChI is InChI=1S/C78H48N6.CH4S/c1-4-22-49(23-5-1)79-61-34-16-10-28-55(61)73-67(79)40-43-70-76(73)58-31-13-19-37-64(58)82(70)52-46-53(83-65-38-20-14-32-59(65)77-71(83)44-41-68-74(77)56-29-11-17-35-62(56)80(68)50-24-6-2-7-25-50)48-54(47-52)84-66-39-21-15-33-60(66)78-72(84)45-42-69-75(78)57-30-12-18-36-63(57)81(69)51-26-8-3-9-27-51;1-2/h1-48H;2H,1H3. The van der Waals surface area contributed by atoms with Gasteiger partial charge >= 0.3 is 0 Å². The van der Waals surface area contributed by atoms with E-state index >= 15 is 0 Å². The molecule has 0 unspecified atom stereocenters. The lowest BCUT2D eigenvalue weighted by molar-refractivity contribution is 1.10. The predicted molar refractivity (Wildman–Crippen MR) is 367 cm³/mol. The van der Waals surface area contributed by atoms with Crippen LogP contribution in [-0.2, 0) is 0 Å². The lowest BCUT2D eigenvalue weighted by Crippen LogP contribution is -2.03. The van der Waals surface area contributed by atoms with Gasteiger partial charge in [-0.25, -0.2) is 0 Å². The number of hydrogen-bond acceptors (Lipinski definition) is 1. The Kier molecular flexibility index (Phi) is 10.6. The Hall–Kier alpha value is -11.0. The van der Waals surface area contributed by atoms with Gasteiger partial charge in [0.1, 0.15) is 0 Å². The summed E-state index contributed by atoms with van der Waals surface area (Å²) in [5.41, 5.74) is 20.6. The van der Waals surface area contributed by atoms with E-state index in [0.717, 1.165) is 67.2 Å². The van der Waals surface area contributed by atoms with Gasteiger partial charge in [0.2, 0.25) is 0 Å². The molecule has 0 spiro atoms. The first-order valence-corrected chi connectivity index (χ1v) is 30.3. The first-order chi connectivity index (χ1) is 42.7. The van der Waals surface area contributed by atoms with Crippen LogP contribution in [0.15, 0.2) is 291 Å². The summed E-state index contributed by atoms with van der Waals surface area (Å²) in [4.78, 5) is 0. The largest absolute Gasteiger partial charge is 0.309 e. The van der Waals surface area contributed by atoms with Gasteiger partial charge in [-0.2, -0.15) is 12.6 Å². The van der Waals surface area contributed by atoms with Crippen LogP contribution in [0.3, 0.4) is 0 Å². The van der Waals surface area contributed by atoms with Crippen molar-refractivity contribution in [3.05, 3.63) is 291 Å².